The summed E-state index contributed by atoms with van der Waals surface area (Å²) in [5.74, 6) is -0.0327. The highest BCUT2D eigenvalue weighted by molar-refractivity contribution is 8.18. The van der Waals surface area contributed by atoms with E-state index < -0.39 is 0 Å². The van der Waals surface area contributed by atoms with E-state index in [1.807, 2.05) is 85.1 Å². The number of rotatable bonds is 5. The number of nitrogens with zero attached hydrogens (tertiary/aromatic N) is 4. The van der Waals surface area contributed by atoms with Gasteiger partial charge in [-0.1, -0.05) is 48.5 Å². The van der Waals surface area contributed by atoms with Crippen LogP contribution in [0.5, 0.6) is 0 Å². The second-order valence-corrected chi connectivity index (χ2v) is 9.10. The molecule has 0 N–H and O–H groups in total. The number of aromatic nitrogens is 2. The second kappa shape index (κ2) is 9.53. The lowest BCUT2D eigenvalue weighted by molar-refractivity contribution is -0.122. The van der Waals surface area contributed by atoms with Gasteiger partial charge in [-0.3, -0.25) is 14.7 Å². The molecule has 2 aromatic carbocycles. The molecule has 168 valence electrons. The monoisotopic (exact) mass is 464 g/mol. The van der Waals surface area contributed by atoms with E-state index >= 15 is 0 Å². The van der Waals surface area contributed by atoms with Crippen molar-refractivity contribution in [2.45, 2.75) is 20.4 Å². The fourth-order valence-corrected chi connectivity index (χ4v) is 5.06. The van der Waals surface area contributed by atoms with Crippen molar-refractivity contribution < 1.29 is 4.79 Å². The average Bonchev–Trinajstić information content (AvgIpc) is 3.30. The van der Waals surface area contributed by atoms with Crippen molar-refractivity contribution in [2.75, 3.05) is 0 Å². The van der Waals surface area contributed by atoms with Gasteiger partial charge in [-0.2, -0.15) is 0 Å². The summed E-state index contributed by atoms with van der Waals surface area (Å²) < 4.78 is 2.16. The maximum absolute atomic E-state index is 13.5. The van der Waals surface area contributed by atoms with Crippen LogP contribution in [0.1, 0.15) is 22.5 Å². The largest absolute Gasteiger partial charge is 0.316 e. The lowest BCUT2D eigenvalue weighted by atomic mass is 10.2. The number of amides is 1. The van der Waals surface area contributed by atoms with Gasteiger partial charge in [-0.15, -0.1) is 0 Å². The highest BCUT2D eigenvalue weighted by atomic mass is 32.2. The molecule has 1 saturated heterocycles. The van der Waals surface area contributed by atoms with Gasteiger partial charge in [0.15, 0.2) is 5.17 Å². The Morgan fingerprint density at radius 1 is 0.971 bits per heavy atom. The Balaban J connectivity index is 1.52. The van der Waals surface area contributed by atoms with Crippen LogP contribution in [0.15, 0.2) is 101 Å². The summed E-state index contributed by atoms with van der Waals surface area (Å²) in [4.78, 5) is 25.0. The van der Waals surface area contributed by atoms with Crippen molar-refractivity contribution in [1.29, 1.82) is 0 Å². The van der Waals surface area contributed by atoms with E-state index in [1.165, 1.54) is 11.8 Å². The van der Waals surface area contributed by atoms with E-state index in [4.69, 9.17) is 4.99 Å². The molecule has 34 heavy (non-hydrogen) atoms. The lowest BCUT2D eigenvalue weighted by Crippen LogP contribution is -2.28. The van der Waals surface area contributed by atoms with Crippen LogP contribution in [0.25, 0.3) is 11.8 Å². The molecule has 3 heterocycles. The Hall–Kier alpha value is -3.90. The third kappa shape index (κ3) is 4.45. The van der Waals surface area contributed by atoms with E-state index in [0.717, 1.165) is 33.9 Å². The number of carbonyl (C=O) groups is 1. The molecule has 2 aromatic heterocycles. The zero-order valence-corrected chi connectivity index (χ0v) is 19.9. The summed E-state index contributed by atoms with van der Waals surface area (Å²) in [6.07, 6.45) is 5.59. The summed E-state index contributed by atoms with van der Waals surface area (Å²) in [6, 6.07) is 25.8. The standard InChI is InChI=1S/C28H24N4OS/c1-20-16-23(21(2)32(20)25-14-9-15-29-18-25)17-26-27(33)31(19-22-10-5-3-6-11-22)28(34-26)30-24-12-7-4-8-13-24/h3-18H,19H2,1-2H3/b26-17-,30-28?. The van der Waals surface area contributed by atoms with Crippen LogP contribution in [0.3, 0.4) is 0 Å². The van der Waals surface area contributed by atoms with Crippen LogP contribution >= 0.6 is 11.8 Å². The molecule has 0 unspecified atom stereocenters. The first-order valence-corrected chi connectivity index (χ1v) is 11.9. The zero-order valence-electron chi connectivity index (χ0n) is 19.1. The zero-order chi connectivity index (χ0) is 23.5. The molecule has 0 atom stereocenters. The van der Waals surface area contributed by atoms with Crippen molar-refractivity contribution in [2.24, 2.45) is 4.99 Å². The molecular formula is C28H24N4OS. The number of carbonyl (C=O) groups excluding carboxylic acids is 1. The fraction of sp³-hybridized carbons (Fsp3) is 0.107. The quantitative estimate of drug-likeness (QED) is 0.326. The SMILES string of the molecule is Cc1cc(/C=C2\SC(=Nc3ccccc3)N(Cc3ccccc3)C2=O)c(C)n1-c1cccnc1. The van der Waals surface area contributed by atoms with E-state index in [0.29, 0.717) is 16.6 Å². The predicted molar refractivity (Wildman–Crippen MR) is 139 cm³/mol. The van der Waals surface area contributed by atoms with Crippen molar-refractivity contribution in [3.05, 3.63) is 119 Å². The highest BCUT2D eigenvalue weighted by Gasteiger charge is 2.33. The van der Waals surface area contributed by atoms with Crippen LogP contribution in [-0.2, 0) is 11.3 Å². The maximum atomic E-state index is 13.5. The van der Waals surface area contributed by atoms with E-state index in [-0.39, 0.29) is 5.91 Å². The smallest absolute Gasteiger partial charge is 0.267 e. The number of hydrogen-bond acceptors (Lipinski definition) is 4. The molecule has 0 radical (unpaired) electrons. The number of amidine groups is 1. The summed E-state index contributed by atoms with van der Waals surface area (Å²) in [7, 11) is 0. The van der Waals surface area contributed by atoms with Crippen LogP contribution < -0.4 is 0 Å². The number of hydrogen-bond donors (Lipinski definition) is 0. The predicted octanol–water partition coefficient (Wildman–Crippen LogP) is 6.29. The minimum atomic E-state index is -0.0327. The Morgan fingerprint density at radius 2 is 1.71 bits per heavy atom. The molecule has 6 heteroatoms. The molecule has 5 nitrogen and oxygen atoms in total. The minimum absolute atomic E-state index is 0.0327. The summed E-state index contributed by atoms with van der Waals surface area (Å²) >= 11 is 1.42. The molecule has 0 aliphatic carbocycles. The molecule has 1 fully saturated rings. The Kier molecular flexibility index (Phi) is 6.14. The van der Waals surface area contributed by atoms with Gasteiger partial charge in [0.1, 0.15) is 0 Å². The number of aryl methyl sites for hydroxylation is 1. The molecule has 1 aliphatic rings. The van der Waals surface area contributed by atoms with Gasteiger partial charge in [-0.25, -0.2) is 4.99 Å². The van der Waals surface area contributed by atoms with Gasteiger partial charge < -0.3 is 4.57 Å². The van der Waals surface area contributed by atoms with Crippen molar-refractivity contribution >= 4 is 34.6 Å². The van der Waals surface area contributed by atoms with Gasteiger partial charge >= 0.3 is 0 Å². The average molecular weight is 465 g/mol. The maximum Gasteiger partial charge on any atom is 0.267 e. The third-order valence-electron chi connectivity index (χ3n) is 5.71. The molecule has 0 saturated carbocycles. The van der Waals surface area contributed by atoms with Crippen LogP contribution in [-0.4, -0.2) is 25.5 Å². The molecule has 0 spiro atoms. The van der Waals surface area contributed by atoms with Gasteiger partial charge in [0.05, 0.1) is 29.0 Å². The van der Waals surface area contributed by atoms with Crippen molar-refractivity contribution in [3.63, 3.8) is 0 Å². The van der Waals surface area contributed by atoms with E-state index in [1.54, 1.807) is 11.1 Å². The topological polar surface area (TPSA) is 50.5 Å². The number of para-hydroxylation sites is 1. The number of pyridine rings is 1. The number of benzene rings is 2. The van der Waals surface area contributed by atoms with Crippen LogP contribution in [0.2, 0.25) is 0 Å². The molecule has 1 amide bonds. The van der Waals surface area contributed by atoms with Gasteiger partial charge in [0.25, 0.3) is 5.91 Å². The molecule has 5 rings (SSSR count). The van der Waals surface area contributed by atoms with Crippen molar-refractivity contribution in [1.82, 2.24) is 14.5 Å². The Morgan fingerprint density at radius 3 is 2.41 bits per heavy atom. The van der Waals surface area contributed by atoms with E-state index in [9.17, 15) is 4.79 Å². The molecule has 0 bridgehead atoms. The normalized spacial score (nSPS) is 16.1. The first kappa shape index (κ1) is 21.9. The summed E-state index contributed by atoms with van der Waals surface area (Å²) in [5.41, 5.74) is 6.06. The van der Waals surface area contributed by atoms with Crippen LogP contribution in [0.4, 0.5) is 5.69 Å². The van der Waals surface area contributed by atoms with Gasteiger partial charge in [-0.05, 0) is 73.1 Å². The van der Waals surface area contributed by atoms with Gasteiger partial charge in [0.2, 0.25) is 0 Å². The first-order valence-electron chi connectivity index (χ1n) is 11.1. The Bertz CT molecular complexity index is 1380. The second-order valence-electron chi connectivity index (χ2n) is 8.09. The van der Waals surface area contributed by atoms with E-state index in [2.05, 4.69) is 29.5 Å². The molecule has 4 aromatic rings. The third-order valence-corrected chi connectivity index (χ3v) is 6.72. The Labute approximate surface area is 203 Å². The fourth-order valence-electron chi connectivity index (χ4n) is 4.07. The highest BCUT2D eigenvalue weighted by Crippen LogP contribution is 2.36. The van der Waals surface area contributed by atoms with Crippen LogP contribution in [0, 0.1) is 13.8 Å². The number of thioether (sulfide) groups is 1. The lowest BCUT2D eigenvalue weighted by Gasteiger charge is -2.15. The molecule has 1 aliphatic heterocycles. The minimum Gasteiger partial charge on any atom is -0.316 e. The molecular weight excluding hydrogens is 440 g/mol. The van der Waals surface area contributed by atoms with Gasteiger partial charge in [0, 0.05) is 17.6 Å². The van der Waals surface area contributed by atoms with Crippen molar-refractivity contribution in [3.8, 4) is 5.69 Å². The summed E-state index contributed by atoms with van der Waals surface area (Å²) in [5, 5.41) is 0.687. The summed E-state index contributed by atoms with van der Waals surface area (Å²) in [6.45, 7) is 4.61. The first-order chi connectivity index (χ1) is 16.6. The number of aliphatic imine (C=N–C) groups is 1.